The zero-order valence-electron chi connectivity index (χ0n) is 14.4. The summed E-state index contributed by atoms with van der Waals surface area (Å²) in [5, 5.41) is 0. The first-order valence-electron chi connectivity index (χ1n) is 8.25. The standard InChI is InChI=1S/C20H21NO4/c1-21-12-11-14-5-3-4-6-17(14)18(21)13-19(22)25-16-9-7-15(8-10-16)20(23)24-2/h3-10,18H,11-13H2,1-2H3. The molecule has 1 atom stereocenters. The van der Waals surface area contributed by atoms with Crippen molar-refractivity contribution < 1.29 is 19.1 Å². The van der Waals surface area contributed by atoms with Crippen molar-refractivity contribution in [2.75, 3.05) is 20.7 Å². The Morgan fingerprint density at radius 3 is 2.56 bits per heavy atom. The average molecular weight is 339 g/mol. The van der Waals surface area contributed by atoms with Crippen molar-refractivity contribution in [3.63, 3.8) is 0 Å². The minimum atomic E-state index is -0.418. The van der Waals surface area contributed by atoms with Crippen LogP contribution in [0.2, 0.25) is 0 Å². The fraction of sp³-hybridized carbons (Fsp3) is 0.300. The molecule has 5 heteroatoms. The zero-order valence-corrected chi connectivity index (χ0v) is 14.4. The Morgan fingerprint density at radius 2 is 1.84 bits per heavy atom. The Kier molecular flexibility index (Phi) is 5.14. The molecule has 0 saturated carbocycles. The number of benzene rings is 2. The summed E-state index contributed by atoms with van der Waals surface area (Å²) in [5.74, 6) is -0.290. The van der Waals surface area contributed by atoms with Crippen molar-refractivity contribution in [1.29, 1.82) is 0 Å². The summed E-state index contributed by atoms with van der Waals surface area (Å²) >= 11 is 0. The molecule has 1 heterocycles. The number of fused-ring (bicyclic) bond motifs is 1. The number of rotatable bonds is 4. The van der Waals surface area contributed by atoms with E-state index in [0.717, 1.165) is 13.0 Å². The molecule has 0 aromatic heterocycles. The molecular weight excluding hydrogens is 318 g/mol. The molecule has 0 spiro atoms. The summed E-state index contributed by atoms with van der Waals surface area (Å²) in [7, 11) is 3.35. The van der Waals surface area contributed by atoms with Crippen molar-refractivity contribution in [2.45, 2.75) is 18.9 Å². The monoisotopic (exact) mass is 339 g/mol. The lowest BCUT2D eigenvalue weighted by Crippen LogP contribution is -2.34. The fourth-order valence-electron chi connectivity index (χ4n) is 3.15. The third kappa shape index (κ3) is 3.88. The van der Waals surface area contributed by atoms with E-state index in [0.29, 0.717) is 11.3 Å². The number of carbonyl (C=O) groups excluding carboxylic acids is 2. The summed E-state index contributed by atoms with van der Waals surface area (Å²) in [6, 6.07) is 14.6. The average Bonchev–Trinajstić information content (AvgIpc) is 2.64. The van der Waals surface area contributed by atoms with Gasteiger partial charge in [0.15, 0.2) is 0 Å². The number of likely N-dealkylation sites (N-methyl/N-ethyl adjacent to an activating group) is 1. The minimum absolute atomic E-state index is 0.0202. The molecule has 0 amide bonds. The number of nitrogens with zero attached hydrogens (tertiary/aromatic N) is 1. The molecule has 1 aliphatic rings. The highest BCUT2D eigenvalue weighted by atomic mass is 16.5. The van der Waals surface area contributed by atoms with Crippen molar-refractivity contribution in [2.24, 2.45) is 0 Å². The molecule has 25 heavy (non-hydrogen) atoms. The first kappa shape index (κ1) is 17.2. The van der Waals surface area contributed by atoms with E-state index >= 15 is 0 Å². The van der Waals surface area contributed by atoms with E-state index in [9.17, 15) is 9.59 Å². The number of carbonyl (C=O) groups is 2. The molecule has 0 radical (unpaired) electrons. The van der Waals surface area contributed by atoms with E-state index in [1.54, 1.807) is 24.3 Å². The van der Waals surface area contributed by atoms with Crippen molar-refractivity contribution in [3.05, 3.63) is 65.2 Å². The quantitative estimate of drug-likeness (QED) is 0.633. The Hall–Kier alpha value is -2.66. The van der Waals surface area contributed by atoms with Crippen LogP contribution in [-0.2, 0) is 16.0 Å². The lowest BCUT2D eigenvalue weighted by atomic mass is 9.91. The SMILES string of the molecule is COC(=O)c1ccc(OC(=O)CC2c3ccccc3CCN2C)cc1. The van der Waals surface area contributed by atoms with E-state index in [1.807, 2.05) is 19.2 Å². The Morgan fingerprint density at radius 1 is 1.12 bits per heavy atom. The van der Waals surface area contributed by atoms with Gasteiger partial charge in [-0.3, -0.25) is 9.69 Å². The smallest absolute Gasteiger partial charge is 0.337 e. The molecule has 0 N–H and O–H groups in total. The molecule has 0 fully saturated rings. The number of esters is 2. The topological polar surface area (TPSA) is 55.8 Å². The molecule has 1 unspecified atom stereocenters. The molecule has 1 aliphatic heterocycles. The van der Waals surface area contributed by atoms with E-state index in [2.05, 4.69) is 21.8 Å². The first-order valence-corrected chi connectivity index (χ1v) is 8.25. The van der Waals surface area contributed by atoms with Crippen molar-refractivity contribution in [1.82, 2.24) is 4.90 Å². The van der Waals surface area contributed by atoms with E-state index in [-0.39, 0.29) is 18.4 Å². The second-order valence-electron chi connectivity index (χ2n) is 6.14. The van der Waals surface area contributed by atoms with Crippen LogP contribution >= 0.6 is 0 Å². The number of hydrogen-bond acceptors (Lipinski definition) is 5. The summed E-state index contributed by atoms with van der Waals surface area (Å²) in [6.07, 6.45) is 1.28. The van der Waals surface area contributed by atoms with Gasteiger partial charge in [0.05, 0.1) is 19.1 Å². The normalized spacial score (nSPS) is 16.8. The van der Waals surface area contributed by atoms with Gasteiger partial charge in [-0.05, 0) is 48.9 Å². The van der Waals surface area contributed by atoms with Gasteiger partial charge < -0.3 is 9.47 Å². The number of methoxy groups -OCH3 is 1. The molecule has 2 aromatic carbocycles. The lowest BCUT2D eigenvalue weighted by Gasteiger charge is -2.34. The Labute approximate surface area is 147 Å². The van der Waals surface area contributed by atoms with Crippen molar-refractivity contribution >= 4 is 11.9 Å². The van der Waals surface area contributed by atoms with Crippen molar-refractivity contribution in [3.8, 4) is 5.75 Å². The maximum atomic E-state index is 12.4. The molecule has 3 rings (SSSR count). The van der Waals surface area contributed by atoms with Gasteiger partial charge in [0.25, 0.3) is 0 Å². The lowest BCUT2D eigenvalue weighted by molar-refractivity contribution is -0.135. The van der Waals surface area contributed by atoms with Gasteiger partial charge in [0, 0.05) is 12.6 Å². The maximum Gasteiger partial charge on any atom is 0.337 e. The predicted octanol–water partition coefficient (Wildman–Crippen LogP) is 3.00. The highest BCUT2D eigenvalue weighted by Gasteiger charge is 2.27. The third-order valence-electron chi connectivity index (χ3n) is 4.55. The molecule has 0 bridgehead atoms. The fourth-order valence-corrected chi connectivity index (χ4v) is 3.15. The van der Waals surface area contributed by atoms with E-state index < -0.39 is 5.97 Å². The second kappa shape index (κ2) is 7.49. The zero-order chi connectivity index (χ0) is 17.8. The van der Waals surface area contributed by atoms with Gasteiger partial charge in [0.1, 0.15) is 5.75 Å². The van der Waals surface area contributed by atoms with Gasteiger partial charge in [-0.15, -0.1) is 0 Å². The van der Waals surface area contributed by atoms with Crippen LogP contribution in [0.4, 0.5) is 0 Å². The third-order valence-corrected chi connectivity index (χ3v) is 4.55. The van der Waals surface area contributed by atoms with Gasteiger partial charge in [-0.25, -0.2) is 4.79 Å². The van der Waals surface area contributed by atoms with Crippen LogP contribution in [0.1, 0.15) is 33.9 Å². The number of hydrogen-bond donors (Lipinski definition) is 0. The Bertz CT molecular complexity index is 770. The summed E-state index contributed by atoms with van der Waals surface area (Å²) in [6.45, 7) is 0.919. The minimum Gasteiger partial charge on any atom is -0.465 e. The highest BCUT2D eigenvalue weighted by Crippen LogP contribution is 2.31. The summed E-state index contributed by atoms with van der Waals surface area (Å²) in [5.41, 5.74) is 2.90. The summed E-state index contributed by atoms with van der Waals surface area (Å²) < 4.78 is 10.1. The van der Waals surface area contributed by atoms with Gasteiger partial charge >= 0.3 is 11.9 Å². The van der Waals surface area contributed by atoms with Gasteiger partial charge in [-0.2, -0.15) is 0 Å². The van der Waals surface area contributed by atoms with Crippen LogP contribution in [0.25, 0.3) is 0 Å². The molecular formula is C20H21NO4. The molecule has 0 aliphatic carbocycles. The molecule has 130 valence electrons. The molecule has 0 saturated heterocycles. The molecule has 2 aromatic rings. The van der Waals surface area contributed by atoms with Crippen LogP contribution in [0.3, 0.4) is 0 Å². The molecule has 5 nitrogen and oxygen atoms in total. The van der Waals surface area contributed by atoms with Crippen LogP contribution in [0.5, 0.6) is 5.75 Å². The van der Waals surface area contributed by atoms with Crippen LogP contribution in [0, 0.1) is 0 Å². The van der Waals surface area contributed by atoms with Crippen LogP contribution in [0.15, 0.2) is 48.5 Å². The first-order chi connectivity index (χ1) is 12.1. The van der Waals surface area contributed by atoms with Crippen LogP contribution < -0.4 is 4.74 Å². The van der Waals surface area contributed by atoms with E-state index in [4.69, 9.17) is 4.74 Å². The largest absolute Gasteiger partial charge is 0.465 e. The van der Waals surface area contributed by atoms with E-state index in [1.165, 1.54) is 18.2 Å². The maximum absolute atomic E-state index is 12.4. The number of ether oxygens (including phenoxy) is 2. The predicted molar refractivity (Wildman–Crippen MR) is 93.6 cm³/mol. The summed E-state index contributed by atoms with van der Waals surface area (Å²) in [4.78, 5) is 26.0. The van der Waals surface area contributed by atoms with Crippen LogP contribution in [-0.4, -0.2) is 37.5 Å². The second-order valence-corrected chi connectivity index (χ2v) is 6.14. The highest BCUT2D eigenvalue weighted by molar-refractivity contribution is 5.89. The Balaban J connectivity index is 1.67. The van der Waals surface area contributed by atoms with Gasteiger partial charge in [-0.1, -0.05) is 24.3 Å². The van der Waals surface area contributed by atoms with Gasteiger partial charge in [0.2, 0.25) is 0 Å².